The number of fused-ring (bicyclic) bond motifs is 1. The molecule has 1 aromatic carbocycles. The van der Waals surface area contributed by atoms with Crippen molar-refractivity contribution in [3.63, 3.8) is 0 Å². The maximum Gasteiger partial charge on any atom is 0.256 e. The van der Waals surface area contributed by atoms with Crippen LogP contribution >= 0.6 is 0 Å². The van der Waals surface area contributed by atoms with Gasteiger partial charge in [-0.3, -0.25) is 14.8 Å². The van der Waals surface area contributed by atoms with Crippen LogP contribution in [0.15, 0.2) is 65.8 Å². The minimum atomic E-state index is -0.0794. The molecular formula is C22H20N4O. The van der Waals surface area contributed by atoms with E-state index in [1.165, 1.54) is 0 Å². The Labute approximate surface area is 157 Å². The van der Waals surface area contributed by atoms with Gasteiger partial charge in [-0.1, -0.05) is 36.8 Å². The number of aromatic nitrogens is 3. The zero-order chi connectivity index (χ0) is 18.8. The second kappa shape index (κ2) is 7.03. The Balaban J connectivity index is 1.84. The molecule has 0 bridgehead atoms. The Bertz CT molecular complexity index is 1180. The predicted molar refractivity (Wildman–Crippen MR) is 109 cm³/mol. The van der Waals surface area contributed by atoms with Crippen LogP contribution in [0.25, 0.3) is 22.0 Å². The smallest absolute Gasteiger partial charge is 0.256 e. The highest BCUT2D eigenvalue weighted by Crippen LogP contribution is 2.28. The van der Waals surface area contributed by atoms with E-state index in [4.69, 9.17) is 0 Å². The van der Waals surface area contributed by atoms with Crippen molar-refractivity contribution in [2.75, 3.05) is 5.32 Å². The summed E-state index contributed by atoms with van der Waals surface area (Å²) in [7, 11) is 0. The van der Waals surface area contributed by atoms with E-state index in [1.807, 2.05) is 56.3 Å². The molecule has 0 spiro atoms. The van der Waals surface area contributed by atoms with E-state index < -0.39 is 0 Å². The second-order valence-electron chi connectivity index (χ2n) is 6.50. The third kappa shape index (κ3) is 3.31. The van der Waals surface area contributed by atoms with Gasteiger partial charge in [-0.25, -0.2) is 0 Å². The Morgan fingerprint density at radius 2 is 1.96 bits per heavy atom. The van der Waals surface area contributed by atoms with Gasteiger partial charge in [-0.2, -0.15) is 0 Å². The van der Waals surface area contributed by atoms with Crippen LogP contribution in [0.5, 0.6) is 0 Å². The molecule has 3 aromatic heterocycles. The van der Waals surface area contributed by atoms with Gasteiger partial charge in [0.15, 0.2) is 0 Å². The van der Waals surface area contributed by atoms with Gasteiger partial charge in [0.05, 0.1) is 16.9 Å². The minimum absolute atomic E-state index is 0.0794. The van der Waals surface area contributed by atoms with Crippen LogP contribution in [0.2, 0.25) is 0 Å². The fourth-order valence-corrected chi connectivity index (χ4v) is 3.23. The average molecular weight is 356 g/mol. The predicted octanol–water partition coefficient (Wildman–Crippen LogP) is 4.60. The molecule has 4 rings (SSSR count). The first-order valence-corrected chi connectivity index (χ1v) is 8.94. The van der Waals surface area contributed by atoms with Gasteiger partial charge in [0.25, 0.3) is 5.56 Å². The normalized spacial score (nSPS) is 10.9. The number of hydrogen-bond acceptors (Lipinski definition) is 4. The molecule has 0 radical (unpaired) electrons. The number of nitrogens with one attached hydrogen (secondary N) is 2. The van der Waals surface area contributed by atoms with Gasteiger partial charge in [0.2, 0.25) is 0 Å². The summed E-state index contributed by atoms with van der Waals surface area (Å²) in [5.41, 5.74) is 6.12. The highest BCUT2D eigenvalue weighted by molar-refractivity contribution is 5.92. The lowest BCUT2D eigenvalue weighted by molar-refractivity contribution is 1.02. The number of aryl methyl sites for hydroxylation is 2. The van der Waals surface area contributed by atoms with Crippen molar-refractivity contribution in [2.45, 2.75) is 20.3 Å². The molecular weight excluding hydrogens is 336 g/mol. The highest BCUT2D eigenvalue weighted by Gasteiger charge is 2.11. The van der Waals surface area contributed by atoms with Gasteiger partial charge >= 0.3 is 0 Å². The van der Waals surface area contributed by atoms with Gasteiger partial charge < -0.3 is 10.3 Å². The Hall–Kier alpha value is -3.47. The summed E-state index contributed by atoms with van der Waals surface area (Å²) >= 11 is 0. The Morgan fingerprint density at radius 1 is 1.07 bits per heavy atom. The molecule has 0 unspecified atom stereocenters. The van der Waals surface area contributed by atoms with Crippen molar-refractivity contribution in [1.29, 1.82) is 0 Å². The van der Waals surface area contributed by atoms with Crippen LogP contribution in [-0.2, 0) is 6.42 Å². The van der Waals surface area contributed by atoms with Crippen LogP contribution in [0.1, 0.15) is 18.2 Å². The number of pyridine rings is 3. The van der Waals surface area contributed by atoms with Crippen LogP contribution in [0.4, 0.5) is 11.4 Å². The molecule has 0 amide bonds. The molecule has 0 aliphatic rings. The van der Waals surface area contributed by atoms with Crippen molar-refractivity contribution in [3.8, 4) is 11.1 Å². The van der Waals surface area contributed by atoms with E-state index in [1.54, 1.807) is 18.6 Å². The van der Waals surface area contributed by atoms with Gasteiger partial charge in [-0.15, -0.1) is 0 Å². The van der Waals surface area contributed by atoms with Crippen molar-refractivity contribution >= 4 is 22.3 Å². The molecule has 134 valence electrons. The molecule has 0 fully saturated rings. The third-order valence-corrected chi connectivity index (χ3v) is 4.62. The SMILES string of the molecule is CCc1[nH]c(=O)c(-c2cccc(C)c2)cc1Nc1ccnc2ccncc12. The van der Waals surface area contributed by atoms with Crippen LogP contribution in [-0.4, -0.2) is 15.0 Å². The molecule has 5 heteroatoms. The number of hydrogen-bond donors (Lipinski definition) is 2. The molecule has 3 heterocycles. The molecule has 27 heavy (non-hydrogen) atoms. The van der Waals surface area contributed by atoms with Crippen molar-refractivity contribution in [1.82, 2.24) is 15.0 Å². The van der Waals surface area contributed by atoms with Gasteiger partial charge in [0.1, 0.15) is 0 Å². The summed E-state index contributed by atoms with van der Waals surface area (Å²) in [5, 5.41) is 4.40. The summed E-state index contributed by atoms with van der Waals surface area (Å²) in [4.78, 5) is 24.2. The van der Waals surface area contributed by atoms with E-state index >= 15 is 0 Å². The summed E-state index contributed by atoms with van der Waals surface area (Å²) < 4.78 is 0. The quantitative estimate of drug-likeness (QED) is 0.561. The second-order valence-corrected chi connectivity index (χ2v) is 6.50. The van der Waals surface area contributed by atoms with E-state index in [9.17, 15) is 4.79 Å². The maximum absolute atomic E-state index is 12.6. The summed E-state index contributed by atoms with van der Waals surface area (Å²) in [6.45, 7) is 4.04. The minimum Gasteiger partial charge on any atom is -0.353 e. The van der Waals surface area contributed by atoms with Crippen LogP contribution < -0.4 is 10.9 Å². The first kappa shape index (κ1) is 17.0. The lowest BCUT2D eigenvalue weighted by atomic mass is 10.0. The third-order valence-electron chi connectivity index (χ3n) is 4.62. The number of H-pyrrole nitrogens is 1. The van der Waals surface area contributed by atoms with E-state index in [2.05, 4.69) is 20.3 Å². The summed E-state index contributed by atoms with van der Waals surface area (Å²) in [5.74, 6) is 0. The van der Waals surface area contributed by atoms with Crippen molar-refractivity contribution < 1.29 is 0 Å². The molecule has 4 aromatic rings. The van der Waals surface area contributed by atoms with E-state index in [0.717, 1.165) is 39.1 Å². The molecule has 0 aliphatic heterocycles. The van der Waals surface area contributed by atoms with Gasteiger partial charge in [-0.05, 0) is 37.1 Å². The first-order chi connectivity index (χ1) is 13.2. The number of nitrogens with zero attached hydrogens (tertiary/aromatic N) is 2. The maximum atomic E-state index is 12.6. The number of anilines is 2. The standard InChI is InChI=1S/C22H20N4O/c1-3-18-21(25-20-8-10-24-19-7-9-23-13-17(19)20)12-16(22(27)26-18)15-6-4-5-14(2)11-15/h4-13H,3H2,1-2H3,(H,24,25)(H,26,27). The van der Waals surface area contributed by atoms with Crippen LogP contribution in [0, 0.1) is 6.92 Å². The molecule has 0 saturated carbocycles. The Kier molecular flexibility index (Phi) is 4.42. The fourth-order valence-electron chi connectivity index (χ4n) is 3.23. The summed E-state index contributed by atoms with van der Waals surface area (Å²) in [6, 6.07) is 13.7. The summed E-state index contributed by atoms with van der Waals surface area (Å²) in [6.07, 6.45) is 6.01. The van der Waals surface area contributed by atoms with E-state index in [0.29, 0.717) is 12.0 Å². The number of aromatic amines is 1. The topological polar surface area (TPSA) is 70.7 Å². The lowest BCUT2D eigenvalue weighted by Crippen LogP contribution is -2.13. The van der Waals surface area contributed by atoms with Crippen LogP contribution in [0.3, 0.4) is 0 Å². The first-order valence-electron chi connectivity index (χ1n) is 8.94. The molecule has 5 nitrogen and oxygen atoms in total. The molecule has 0 atom stereocenters. The molecule has 0 saturated heterocycles. The highest BCUT2D eigenvalue weighted by atomic mass is 16.1. The van der Waals surface area contributed by atoms with Crippen molar-refractivity contribution in [2.24, 2.45) is 0 Å². The van der Waals surface area contributed by atoms with Crippen molar-refractivity contribution in [3.05, 3.63) is 82.7 Å². The molecule has 0 aliphatic carbocycles. The monoisotopic (exact) mass is 356 g/mol. The largest absolute Gasteiger partial charge is 0.353 e. The lowest BCUT2D eigenvalue weighted by Gasteiger charge is -2.14. The number of rotatable bonds is 4. The zero-order valence-electron chi connectivity index (χ0n) is 15.3. The Morgan fingerprint density at radius 3 is 2.78 bits per heavy atom. The number of benzene rings is 1. The average Bonchev–Trinajstić information content (AvgIpc) is 2.69. The molecule has 2 N–H and O–H groups in total. The van der Waals surface area contributed by atoms with E-state index in [-0.39, 0.29) is 5.56 Å². The van der Waals surface area contributed by atoms with Gasteiger partial charge in [0, 0.05) is 35.2 Å². The fraction of sp³-hybridized carbons (Fsp3) is 0.136. The zero-order valence-corrected chi connectivity index (χ0v) is 15.3.